The van der Waals surface area contributed by atoms with Crippen LogP contribution < -0.4 is 5.32 Å². The minimum Gasteiger partial charge on any atom is -0.394 e. The number of hydrogen-bond donors (Lipinski definition) is 9. The predicted molar refractivity (Wildman–Crippen MR) is 222 cm³/mol. The number of amides is 1. The Labute approximate surface area is 348 Å². The number of hydrogen-bond acceptors (Lipinski definition) is 13. The highest BCUT2D eigenvalue weighted by atomic mass is 16.7. The summed E-state index contributed by atoms with van der Waals surface area (Å²) in [5.41, 5.74) is 0. The van der Waals surface area contributed by atoms with Crippen molar-refractivity contribution in [3.8, 4) is 0 Å². The molecule has 342 valence electrons. The predicted octanol–water partition coefficient (Wildman–Crippen LogP) is 4.43. The number of rotatable bonds is 34. The van der Waals surface area contributed by atoms with Crippen LogP contribution in [0.4, 0.5) is 0 Å². The van der Waals surface area contributed by atoms with Crippen LogP contribution in [0.2, 0.25) is 0 Å². The fourth-order valence-corrected chi connectivity index (χ4v) is 7.64. The molecule has 12 atom stereocenters. The van der Waals surface area contributed by atoms with E-state index in [2.05, 4.69) is 19.2 Å². The zero-order valence-corrected chi connectivity index (χ0v) is 35.8. The van der Waals surface area contributed by atoms with E-state index in [-0.39, 0.29) is 18.9 Å². The third kappa shape index (κ3) is 20.5. The average molecular weight is 834 g/mol. The Morgan fingerprint density at radius 3 is 1.59 bits per heavy atom. The molecule has 1 amide bonds. The molecule has 2 aliphatic rings. The van der Waals surface area contributed by atoms with Crippen molar-refractivity contribution in [3.63, 3.8) is 0 Å². The Morgan fingerprint density at radius 2 is 1.07 bits per heavy atom. The van der Waals surface area contributed by atoms with Gasteiger partial charge >= 0.3 is 0 Å². The lowest BCUT2D eigenvalue weighted by atomic mass is 9.97. The van der Waals surface area contributed by atoms with E-state index in [1.165, 1.54) is 96.3 Å². The number of ether oxygens (including phenoxy) is 4. The maximum absolute atomic E-state index is 13.1. The molecule has 2 saturated heterocycles. The van der Waals surface area contributed by atoms with Gasteiger partial charge in [0.2, 0.25) is 5.91 Å². The van der Waals surface area contributed by atoms with Crippen LogP contribution >= 0.6 is 0 Å². The minimum atomic E-state index is -1.78. The maximum Gasteiger partial charge on any atom is 0.220 e. The summed E-state index contributed by atoms with van der Waals surface area (Å²) >= 11 is 0. The lowest BCUT2D eigenvalue weighted by Crippen LogP contribution is -2.65. The average Bonchev–Trinajstić information content (AvgIpc) is 3.22. The first-order chi connectivity index (χ1) is 28.1. The molecule has 0 spiro atoms. The molecule has 0 aromatic heterocycles. The summed E-state index contributed by atoms with van der Waals surface area (Å²) in [6.45, 7) is 2.72. The van der Waals surface area contributed by atoms with Gasteiger partial charge in [-0.2, -0.15) is 0 Å². The Bertz CT molecular complexity index is 1040. The number of aliphatic hydroxyl groups is 8. The zero-order valence-electron chi connectivity index (χ0n) is 35.8. The third-order valence-electron chi connectivity index (χ3n) is 11.5. The maximum atomic E-state index is 13.1. The van der Waals surface area contributed by atoms with Crippen LogP contribution in [-0.2, 0) is 23.7 Å². The van der Waals surface area contributed by atoms with E-state index in [0.29, 0.717) is 6.42 Å². The molecule has 2 aliphatic heterocycles. The topological polar surface area (TPSA) is 228 Å². The number of unbranched alkanes of at least 4 members (excludes halogenated alkanes) is 21. The second-order valence-electron chi connectivity index (χ2n) is 16.5. The van der Waals surface area contributed by atoms with Gasteiger partial charge in [-0.05, 0) is 19.3 Å². The van der Waals surface area contributed by atoms with Gasteiger partial charge in [-0.25, -0.2) is 0 Å². The van der Waals surface area contributed by atoms with Gasteiger partial charge in [-0.15, -0.1) is 0 Å². The molecule has 2 rings (SSSR count). The Balaban J connectivity index is 1.85. The molecule has 0 saturated carbocycles. The van der Waals surface area contributed by atoms with Gasteiger partial charge in [0.1, 0.15) is 48.8 Å². The normalized spacial score (nSPS) is 28.9. The summed E-state index contributed by atoms with van der Waals surface area (Å²) in [5, 5.41) is 86.2. The minimum absolute atomic E-state index is 0.242. The molecule has 58 heavy (non-hydrogen) atoms. The van der Waals surface area contributed by atoms with Gasteiger partial charge in [0.05, 0.1) is 32.0 Å². The Morgan fingerprint density at radius 1 is 0.603 bits per heavy atom. The molecular weight excluding hydrogens is 750 g/mol. The lowest BCUT2D eigenvalue weighted by molar-refractivity contribution is -0.359. The van der Waals surface area contributed by atoms with Gasteiger partial charge in [0.15, 0.2) is 12.6 Å². The van der Waals surface area contributed by atoms with Gasteiger partial charge in [-0.1, -0.05) is 154 Å². The van der Waals surface area contributed by atoms with Crippen molar-refractivity contribution in [2.24, 2.45) is 0 Å². The SMILES string of the molecule is CCCCCCCC/C=C/C(O)C(COC1OC(CO)C(OC2OC(CO)C(O)C(O)C2O)C(O)C1O)NC(=O)CCCCCCCCCCCCCCCCCC. The van der Waals surface area contributed by atoms with Crippen LogP contribution in [0.1, 0.15) is 168 Å². The molecule has 9 N–H and O–H groups in total. The molecule has 0 aliphatic carbocycles. The second-order valence-corrected chi connectivity index (χ2v) is 16.5. The molecule has 2 heterocycles. The van der Waals surface area contributed by atoms with E-state index in [4.69, 9.17) is 18.9 Å². The fraction of sp³-hybridized carbons (Fsp3) is 0.932. The Hall–Kier alpha value is -1.27. The van der Waals surface area contributed by atoms with Crippen molar-refractivity contribution >= 4 is 5.91 Å². The van der Waals surface area contributed by atoms with E-state index >= 15 is 0 Å². The number of nitrogens with one attached hydrogen (secondary N) is 1. The van der Waals surface area contributed by atoms with E-state index in [0.717, 1.165) is 44.9 Å². The summed E-state index contributed by atoms with van der Waals surface area (Å²) in [6.07, 6.45) is 14.2. The van der Waals surface area contributed by atoms with Gasteiger partial charge in [0.25, 0.3) is 0 Å². The van der Waals surface area contributed by atoms with E-state index < -0.39 is 86.8 Å². The first kappa shape index (κ1) is 52.9. The molecule has 14 heteroatoms. The van der Waals surface area contributed by atoms with Crippen molar-refractivity contribution < 1.29 is 64.6 Å². The third-order valence-corrected chi connectivity index (χ3v) is 11.5. The van der Waals surface area contributed by atoms with Gasteiger partial charge < -0.3 is 65.1 Å². The monoisotopic (exact) mass is 834 g/mol. The molecule has 0 aromatic carbocycles. The van der Waals surface area contributed by atoms with Crippen LogP contribution in [0.5, 0.6) is 0 Å². The molecular formula is C44H83NO13. The van der Waals surface area contributed by atoms with E-state index in [9.17, 15) is 45.6 Å². The highest BCUT2D eigenvalue weighted by molar-refractivity contribution is 5.76. The van der Waals surface area contributed by atoms with Crippen LogP contribution in [0, 0.1) is 0 Å². The van der Waals surface area contributed by atoms with Crippen LogP contribution in [0.3, 0.4) is 0 Å². The summed E-state index contributed by atoms with van der Waals surface area (Å²) in [7, 11) is 0. The van der Waals surface area contributed by atoms with Crippen molar-refractivity contribution in [1.82, 2.24) is 5.32 Å². The number of carbonyl (C=O) groups is 1. The standard InChI is InChI=1S/C44H83NO13/c1-3-5-7-9-11-13-14-15-16-17-18-19-20-22-24-26-28-36(49)45-32(33(48)27-25-23-21-12-10-8-6-4-2)31-55-43-41(54)39(52)42(35(30-47)57-43)58-44-40(53)38(51)37(50)34(29-46)56-44/h25,27,32-35,37-44,46-48,50-54H,3-24,26,28-31H2,1-2H3,(H,45,49)/b27-25+. The largest absolute Gasteiger partial charge is 0.394 e. The fourth-order valence-electron chi connectivity index (χ4n) is 7.64. The smallest absolute Gasteiger partial charge is 0.220 e. The molecule has 0 bridgehead atoms. The molecule has 14 nitrogen and oxygen atoms in total. The molecule has 2 fully saturated rings. The number of allylic oxidation sites excluding steroid dienone is 1. The van der Waals surface area contributed by atoms with Crippen molar-refractivity contribution in [3.05, 3.63) is 12.2 Å². The van der Waals surface area contributed by atoms with Gasteiger partial charge in [0, 0.05) is 6.42 Å². The summed E-state index contributed by atoms with van der Waals surface area (Å²) < 4.78 is 22.6. The van der Waals surface area contributed by atoms with Gasteiger partial charge in [-0.3, -0.25) is 4.79 Å². The van der Waals surface area contributed by atoms with Crippen LogP contribution in [0.15, 0.2) is 12.2 Å². The van der Waals surface area contributed by atoms with E-state index in [1.54, 1.807) is 6.08 Å². The van der Waals surface area contributed by atoms with Crippen molar-refractivity contribution in [2.45, 2.75) is 242 Å². The van der Waals surface area contributed by atoms with Crippen LogP contribution in [0.25, 0.3) is 0 Å². The highest BCUT2D eigenvalue weighted by Crippen LogP contribution is 2.30. The Kier molecular flexibility index (Phi) is 29.6. The van der Waals surface area contributed by atoms with Crippen molar-refractivity contribution in [1.29, 1.82) is 0 Å². The summed E-state index contributed by atoms with van der Waals surface area (Å²) in [5.74, 6) is -0.242. The number of aliphatic hydroxyl groups excluding tert-OH is 8. The zero-order chi connectivity index (χ0) is 42.5. The first-order valence-electron chi connectivity index (χ1n) is 22.9. The van der Waals surface area contributed by atoms with Crippen LogP contribution in [-0.4, -0.2) is 140 Å². The molecule has 0 radical (unpaired) electrons. The summed E-state index contributed by atoms with van der Waals surface area (Å²) in [6, 6.07) is -0.905. The quantitative estimate of drug-likeness (QED) is 0.0324. The van der Waals surface area contributed by atoms with Crippen molar-refractivity contribution in [2.75, 3.05) is 19.8 Å². The van der Waals surface area contributed by atoms with E-state index in [1.807, 2.05) is 6.08 Å². The summed E-state index contributed by atoms with van der Waals surface area (Å²) in [4.78, 5) is 13.1. The second kappa shape index (κ2) is 32.4. The first-order valence-corrected chi connectivity index (χ1v) is 22.9. The number of carbonyl (C=O) groups excluding carboxylic acids is 1. The highest BCUT2D eigenvalue weighted by Gasteiger charge is 2.50. The molecule has 12 unspecified atom stereocenters. The lowest BCUT2D eigenvalue weighted by Gasteiger charge is -2.46. The molecule has 0 aromatic rings.